The first-order valence-corrected chi connectivity index (χ1v) is 9.11. The Hall–Kier alpha value is -2.24. The van der Waals surface area contributed by atoms with E-state index in [1.54, 1.807) is 6.07 Å². The summed E-state index contributed by atoms with van der Waals surface area (Å²) in [6.07, 6.45) is 0. The molecule has 0 aliphatic carbocycles. The third-order valence-corrected chi connectivity index (χ3v) is 4.78. The van der Waals surface area contributed by atoms with Crippen LogP contribution in [0.2, 0.25) is 5.02 Å². The normalized spacial score (nSPS) is 15.0. The van der Waals surface area contributed by atoms with Crippen molar-refractivity contribution in [3.63, 3.8) is 0 Å². The maximum absolute atomic E-state index is 12.1. The zero-order valence-electron chi connectivity index (χ0n) is 15.2. The molecule has 0 bridgehead atoms. The van der Waals surface area contributed by atoms with Gasteiger partial charge in [0.1, 0.15) is 5.75 Å². The molecule has 6 heteroatoms. The first-order valence-electron chi connectivity index (χ1n) is 8.73. The molecule has 1 aliphatic rings. The highest BCUT2D eigenvalue weighted by atomic mass is 35.5. The van der Waals surface area contributed by atoms with Crippen molar-refractivity contribution in [2.75, 3.05) is 50.1 Å². The Kier molecular flexibility index (Phi) is 6.01. The predicted octanol–water partition coefficient (Wildman–Crippen LogP) is 3.42. The SMILES string of the molecule is Cc1ccc(Cl)c(OCC(=O)Nc2ccc(N3CCN(C)CC3)cc2)c1. The van der Waals surface area contributed by atoms with E-state index in [2.05, 4.69) is 22.2 Å². The second-order valence-corrected chi connectivity index (χ2v) is 7.02. The number of hydrogen-bond donors (Lipinski definition) is 1. The number of amides is 1. The molecule has 1 aliphatic heterocycles. The lowest BCUT2D eigenvalue weighted by atomic mass is 10.2. The van der Waals surface area contributed by atoms with E-state index in [0.717, 1.165) is 37.4 Å². The van der Waals surface area contributed by atoms with Gasteiger partial charge < -0.3 is 19.9 Å². The first-order chi connectivity index (χ1) is 12.5. The molecule has 0 unspecified atom stereocenters. The van der Waals surface area contributed by atoms with Crippen molar-refractivity contribution in [3.05, 3.63) is 53.1 Å². The Morgan fingerprint density at radius 2 is 1.81 bits per heavy atom. The molecule has 0 spiro atoms. The molecule has 5 nitrogen and oxygen atoms in total. The Balaban J connectivity index is 1.52. The molecule has 3 rings (SSSR count). The summed E-state index contributed by atoms with van der Waals surface area (Å²) in [6.45, 7) is 6.05. The van der Waals surface area contributed by atoms with Crippen LogP contribution in [0.25, 0.3) is 0 Å². The third kappa shape index (κ3) is 4.90. The molecule has 2 aromatic rings. The van der Waals surface area contributed by atoms with Gasteiger partial charge in [-0.25, -0.2) is 0 Å². The van der Waals surface area contributed by atoms with E-state index in [4.69, 9.17) is 16.3 Å². The molecule has 0 radical (unpaired) electrons. The van der Waals surface area contributed by atoms with Gasteiger partial charge in [0.2, 0.25) is 0 Å². The van der Waals surface area contributed by atoms with Crippen molar-refractivity contribution >= 4 is 28.9 Å². The van der Waals surface area contributed by atoms with Gasteiger partial charge in [0, 0.05) is 37.6 Å². The summed E-state index contributed by atoms with van der Waals surface area (Å²) >= 11 is 6.08. The number of likely N-dealkylation sites (N-methyl/N-ethyl adjacent to an activating group) is 1. The summed E-state index contributed by atoms with van der Waals surface area (Å²) in [5.41, 5.74) is 2.97. The van der Waals surface area contributed by atoms with Crippen molar-refractivity contribution in [2.45, 2.75) is 6.92 Å². The number of carbonyl (C=O) groups is 1. The van der Waals surface area contributed by atoms with Crippen LogP contribution < -0.4 is 15.0 Å². The van der Waals surface area contributed by atoms with Crippen LogP contribution in [0.5, 0.6) is 5.75 Å². The second-order valence-electron chi connectivity index (χ2n) is 6.61. The van der Waals surface area contributed by atoms with Gasteiger partial charge in [-0.2, -0.15) is 0 Å². The van der Waals surface area contributed by atoms with Gasteiger partial charge in [-0.15, -0.1) is 0 Å². The van der Waals surface area contributed by atoms with Gasteiger partial charge in [-0.05, 0) is 55.9 Å². The highest BCUT2D eigenvalue weighted by molar-refractivity contribution is 6.32. The fourth-order valence-corrected chi connectivity index (χ4v) is 3.05. The topological polar surface area (TPSA) is 44.8 Å². The Morgan fingerprint density at radius 3 is 2.50 bits per heavy atom. The van der Waals surface area contributed by atoms with E-state index in [1.807, 2.05) is 43.3 Å². The Morgan fingerprint density at radius 1 is 1.12 bits per heavy atom. The summed E-state index contributed by atoms with van der Waals surface area (Å²) in [6, 6.07) is 13.4. The fourth-order valence-electron chi connectivity index (χ4n) is 2.88. The van der Waals surface area contributed by atoms with Gasteiger partial charge in [0.25, 0.3) is 5.91 Å². The van der Waals surface area contributed by atoms with E-state index in [-0.39, 0.29) is 12.5 Å². The van der Waals surface area contributed by atoms with Crippen LogP contribution in [0.1, 0.15) is 5.56 Å². The summed E-state index contributed by atoms with van der Waals surface area (Å²) in [4.78, 5) is 16.8. The highest BCUT2D eigenvalue weighted by Crippen LogP contribution is 2.25. The molecule has 1 N–H and O–H groups in total. The average Bonchev–Trinajstić information content (AvgIpc) is 2.64. The van der Waals surface area contributed by atoms with Gasteiger partial charge in [-0.1, -0.05) is 17.7 Å². The molecule has 138 valence electrons. The lowest BCUT2D eigenvalue weighted by Crippen LogP contribution is -2.44. The van der Waals surface area contributed by atoms with E-state index in [1.165, 1.54) is 5.69 Å². The number of benzene rings is 2. The summed E-state index contributed by atoms with van der Waals surface area (Å²) in [5, 5.41) is 3.35. The maximum atomic E-state index is 12.1. The van der Waals surface area contributed by atoms with Crippen molar-refractivity contribution in [2.24, 2.45) is 0 Å². The Bertz CT molecular complexity index is 756. The smallest absolute Gasteiger partial charge is 0.262 e. The molecular weight excluding hydrogens is 350 g/mol. The molecule has 0 saturated carbocycles. The number of nitrogens with zero attached hydrogens (tertiary/aromatic N) is 2. The van der Waals surface area contributed by atoms with Gasteiger partial charge in [-0.3, -0.25) is 4.79 Å². The Labute approximate surface area is 159 Å². The van der Waals surface area contributed by atoms with E-state index >= 15 is 0 Å². The van der Waals surface area contributed by atoms with E-state index in [0.29, 0.717) is 10.8 Å². The van der Waals surface area contributed by atoms with Crippen LogP contribution in [0.4, 0.5) is 11.4 Å². The lowest BCUT2D eigenvalue weighted by molar-refractivity contribution is -0.118. The minimum Gasteiger partial charge on any atom is -0.482 e. The number of nitrogens with one attached hydrogen (secondary N) is 1. The highest BCUT2D eigenvalue weighted by Gasteiger charge is 2.14. The van der Waals surface area contributed by atoms with Crippen molar-refractivity contribution in [1.82, 2.24) is 4.90 Å². The molecule has 26 heavy (non-hydrogen) atoms. The quantitative estimate of drug-likeness (QED) is 0.872. The number of rotatable bonds is 5. The summed E-state index contributed by atoms with van der Waals surface area (Å²) < 4.78 is 5.52. The number of carbonyl (C=O) groups excluding carboxylic acids is 1. The van der Waals surface area contributed by atoms with E-state index < -0.39 is 0 Å². The molecule has 1 fully saturated rings. The van der Waals surface area contributed by atoms with Crippen molar-refractivity contribution in [3.8, 4) is 5.75 Å². The zero-order valence-corrected chi connectivity index (χ0v) is 15.9. The molecule has 1 saturated heterocycles. The molecule has 2 aromatic carbocycles. The van der Waals surface area contributed by atoms with Crippen molar-refractivity contribution in [1.29, 1.82) is 0 Å². The van der Waals surface area contributed by atoms with Crippen LogP contribution in [-0.2, 0) is 4.79 Å². The van der Waals surface area contributed by atoms with Gasteiger partial charge in [0.05, 0.1) is 5.02 Å². The van der Waals surface area contributed by atoms with Crippen LogP contribution in [0.15, 0.2) is 42.5 Å². The minimum absolute atomic E-state index is 0.0800. The third-order valence-electron chi connectivity index (χ3n) is 4.46. The van der Waals surface area contributed by atoms with Crippen LogP contribution >= 0.6 is 11.6 Å². The zero-order chi connectivity index (χ0) is 18.5. The largest absolute Gasteiger partial charge is 0.482 e. The van der Waals surface area contributed by atoms with Gasteiger partial charge >= 0.3 is 0 Å². The van der Waals surface area contributed by atoms with Crippen LogP contribution in [0, 0.1) is 6.92 Å². The number of anilines is 2. The predicted molar refractivity (Wildman–Crippen MR) is 106 cm³/mol. The maximum Gasteiger partial charge on any atom is 0.262 e. The van der Waals surface area contributed by atoms with Crippen molar-refractivity contribution < 1.29 is 9.53 Å². The average molecular weight is 374 g/mol. The fraction of sp³-hybridized carbons (Fsp3) is 0.350. The molecule has 1 amide bonds. The number of ether oxygens (including phenoxy) is 1. The minimum atomic E-state index is -0.213. The van der Waals surface area contributed by atoms with Crippen LogP contribution in [-0.4, -0.2) is 50.6 Å². The number of hydrogen-bond acceptors (Lipinski definition) is 4. The monoisotopic (exact) mass is 373 g/mol. The van der Waals surface area contributed by atoms with E-state index in [9.17, 15) is 4.79 Å². The number of aryl methyl sites for hydroxylation is 1. The molecule has 0 aromatic heterocycles. The lowest BCUT2D eigenvalue weighted by Gasteiger charge is -2.34. The standard InChI is InChI=1S/C20H24ClN3O2/c1-15-3-8-18(21)19(13-15)26-14-20(25)22-16-4-6-17(7-5-16)24-11-9-23(2)10-12-24/h3-8,13H,9-12,14H2,1-2H3,(H,22,25). The molecule has 1 heterocycles. The molecular formula is C20H24ClN3O2. The summed E-state index contributed by atoms with van der Waals surface area (Å²) in [5.74, 6) is 0.308. The second kappa shape index (κ2) is 8.43. The number of piperazine rings is 1. The van der Waals surface area contributed by atoms with Crippen LogP contribution in [0.3, 0.4) is 0 Å². The molecule has 0 atom stereocenters. The first kappa shape index (κ1) is 18.5. The van der Waals surface area contributed by atoms with Gasteiger partial charge in [0.15, 0.2) is 6.61 Å². The summed E-state index contributed by atoms with van der Waals surface area (Å²) in [7, 11) is 2.14. The number of halogens is 1.